The molecular weight excluding hydrogens is 352 g/mol. The second kappa shape index (κ2) is 6.73. The zero-order valence-electron chi connectivity index (χ0n) is 13.0. The Morgan fingerprint density at radius 3 is 2.76 bits per heavy atom. The molecule has 3 rings (SSSR count). The van der Waals surface area contributed by atoms with E-state index in [1.54, 1.807) is 12.1 Å². The van der Waals surface area contributed by atoms with Gasteiger partial charge in [-0.3, -0.25) is 4.79 Å². The van der Waals surface area contributed by atoms with E-state index in [0.717, 1.165) is 16.4 Å². The fourth-order valence-corrected chi connectivity index (χ4v) is 4.26. The van der Waals surface area contributed by atoms with Gasteiger partial charge in [0, 0.05) is 6.54 Å². The van der Waals surface area contributed by atoms with E-state index in [1.807, 2.05) is 0 Å². The van der Waals surface area contributed by atoms with Gasteiger partial charge in [-0.2, -0.15) is 4.31 Å². The SMILES string of the molecule is O=C(O)c1ccc(S(=O)(=O)N2CCCC2C(=O)NCc2ccco2)o1. The van der Waals surface area contributed by atoms with Gasteiger partial charge < -0.3 is 19.3 Å². The molecule has 0 aromatic carbocycles. The minimum atomic E-state index is -4.10. The molecule has 0 saturated carbocycles. The van der Waals surface area contributed by atoms with Crippen molar-refractivity contribution < 1.29 is 31.9 Å². The number of sulfonamides is 1. The second-order valence-electron chi connectivity index (χ2n) is 5.49. The molecule has 0 bridgehead atoms. The van der Waals surface area contributed by atoms with Crippen LogP contribution in [0, 0.1) is 0 Å². The van der Waals surface area contributed by atoms with E-state index in [1.165, 1.54) is 6.26 Å². The lowest BCUT2D eigenvalue weighted by Gasteiger charge is -2.21. The number of nitrogens with one attached hydrogen (secondary N) is 1. The average molecular weight is 368 g/mol. The highest BCUT2D eigenvalue weighted by Crippen LogP contribution is 2.27. The number of furan rings is 2. The monoisotopic (exact) mass is 368 g/mol. The number of carboxylic acids is 1. The normalized spacial score (nSPS) is 18.3. The second-order valence-corrected chi connectivity index (χ2v) is 7.32. The van der Waals surface area contributed by atoms with Crippen molar-refractivity contribution in [3.05, 3.63) is 42.0 Å². The number of carbonyl (C=O) groups is 2. The van der Waals surface area contributed by atoms with Crippen LogP contribution in [0.3, 0.4) is 0 Å². The molecule has 1 aliphatic heterocycles. The Labute approximate surface area is 143 Å². The maximum Gasteiger partial charge on any atom is 0.371 e. The minimum absolute atomic E-state index is 0.153. The standard InChI is InChI=1S/C15H16N2O7S/c18-14(16-9-10-3-2-8-23-10)11-4-1-7-17(11)25(21,22)13-6-5-12(24-13)15(19)20/h2-3,5-6,8,11H,1,4,7,9H2,(H,16,18)(H,19,20). The number of aromatic carboxylic acids is 1. The van der Waals surface area contributed by atoms with Crippen LogP contribution in [-0.2, 0) is 21.4 Å². The summed E-state index contributed by atoms with van der Waals surface area (Å²) in [5, 5.41) is 11.0. The maximum absolute atomic E-state index is 12.7. The first-order valence-corrected chi connectivity index (χ1v) is 8.98. The van der Waals surface area contributed by atoms with Crippen molar-refractivity contribution in [3.63, 3.8) is 0 Å². The minimum Gasteiger partial charge on any atom is -0.475 e. The predicted octanol–water partition coefficient (Wildman–Crippen LogP) is 1.04. The third-order valence-electron chi connectivity index (χ3n) is 3.88. The summed E-state index contributed by atoms with van der Waals surface area (Å²) >= 11 is 0. The van der Waals surface area contributed by atoms with E-state index < -0.39 is 38.8 Å². The number of rotatable bonds is 6. The van der Waals surface area contributed by atoms with Gasteiger partial charge in [-0.15, -0.1) is 0 Å². The Morgan fingerprint density at radius 2 is 2.12 bits per heavy atom. The molecule has 9 nitrogen and oxygen atoms in total. The van der Waals surface area contributed by atoms with Crippen molar-refractivity contribution in [2.24, 2.45) is 0 Å². The highest BCUT2D eigenvalue weighted by atomic mass is 32.2. The Balaban J connectivity index is 1.75. The van der Waals surface area contributed by atoms with E-state index in [2.05, 4.69) is 5.32 Å². The highest BCUT2D eigenvalue weighted by Gasteiger charge is 2.41. The lowest BCUT2D eigenvalue weighted by atomic mass is 10.2. The average Bonchev–Trinajstić information content (AvgIpc) is 3.33. The number of nitrogens with zero attached hydrogens (tertiary/aromatic N) is 1. The van der Waals surface area contributed by atoms with Crippen LogP contribution < -0.4 is 5.32 Å². The van der Waals surface area contributed by atoms with Crippen LogP contribution in [0.4, 0.5) is 0 Å². The molecule has 1 saturated heterocycles. The van der Waals surface area contributed by atoms with Crippen molar-refractivity contribution in [2.45, 2.75) is 30.5 Å². The summed E-state index contributed by atoms with van der Waals surface area (Å²) in [7, 11) is -4.10. The molecule has 1 amide bonds. The molecule has 1 fully saturated rings. The van der Waals surface area contributed by atoms with Gasteiger partial charge in [0.1, 0.15) is 11.8 Å². The number of hydrogen-bond acceptors (Lipinski definition) is 6. The van der Waals surface area contributed by atoms with Gasteiger partial charge in [-0.1, -0.05) is 0 Å². The number of amides is 1. The van der Waals surface area contributed by atoms with E-state index in [0.29, 0.717) is 18.6 Å². The first kappa shape index (κ1) is 17.2. The smallest absolute Gasteiger partial charge is 0.371 e. The van der Waals surface area contributed by atoms with Crippen LogP contribution in [-0.4, -0.2) is 42.3 Å². The molecule has 0 spiro atoms. The van der Waals surface area contributed by atoms with E-state index in [-0.39, 0.29) is 13.1 Å². The van der Waals surface area contributed by atoms with Gasteiger partial charge in [-0.05, 0) is 37.1 Å². The Bertz CT molecular complexity index is 870. The summed E-state index contributed by atoms with van der Waals surface area (Å²) in [5.41, 5.74) is 0. The topological polar surface area (TPSA) is 130 Å². The molecule has 3 heterocycles. The molecule has 10 heteroatoms. The molecule has 2 N–H and O–H groups in total. The van der Waals surface area contributed by atoms with Crippen molar-refractivity contribution in [1.29, 1.82) is 0 Å². The van der Waals surface area contributed by atoms with Crippen LogP contribution in [0.1, 0.15) is 29.2 Å². The number of carboxylic acid groups (broad SMARTS) is 1. The van der Waals surface area contributed by atoms with Gasteiger partial charge in [0.2, 0.25) is 16.8 Å². The van der Waals surface area contributed by atoms with Gasteiger partial charge in [0.15, 0.2) is 0 Å². The molecule has 0 aliphatic carbocycles. The Hall–Kier alpha value is -2.59. The molecule has 2 aromatic rings. The summed E-state index contributed by atoms with van der Waals surface area (Å²) in [5.74, 6) is -1.73. The van der Waals surface area contributed by atoms with E-state index >= 15 is 0 Å². The molecule has 1 atom stereocenters. The zero-order valence-corrected chi connectivity index (χ0v) is 13.9. The lowest BCUT2D eigenvalue weighted by Crippen LogP contribution is -2.45. The highest BCUT2D eigenvalue weighted by molar-refractivity contribution is 7.89. The van der Waals surface area contributed by atoms with Crippen molar-refractivity contribution in [3.8, 4) is 0 Å². The number of hydrogen-bond donors (Lipinski definition) is 2. The molecule has 134 valence electrons. The van der Waals surface area contributed by atoms with Crippen LogP contribution in [0.25, 0.3) is 0 Å². The molecule has 1 unspecified atom stereocenters. The van der Waals surface area contributed by atoms with Crippen LogP contribution in [0.2, 0.25) is 0 Å². The lowest BCUT2D eigenvalue weighted by molar-refractivity contribution is -0.124. The fourth-order valence-electron chi connectivity index (χ4n) is 2.68. The van der Waals surface area contributed by atoms with E-state index in [4.69, 9.17) is 13.9 Å². The van der Waals surface area contributed by atoms with Crippen molar-refractivity contribution >= 4 is 21.9 Å². The first-order chi connectivity index (χ1) is 11.9. The zero-order chi connectivity index (χ0) is 18.0. The van der Waals surface area contributed by atoms with Crippen LogP contribution in [0.5, 0.6) is 0 Å². The van der Waals surface area contributed by atoms with E-state index in [9.17, 15) is 18.0 Å². The Kier molecular flexibility index (Phi) is 4.64. The summed E-state index contributed by atoms with van der Waals surface area (Å²) < 4.78 is 36.4. The summed E-state index contributed by atoms with van der Waals surface area (Å²) in [6, 6.07) is 4.65. The van der Waals surface area contributed by atoms with Crippen molar-refractivity contribution in [1.82, 2.24) is 9.62 Å². The van der Waals surface area contributed by atoms with Gasteiger partial charge in [0.05, 0.1) is 12.8 Å². The third kappa shape index (κ3) is 3.44. The molecular formula is C15H16N2O7S. The molecule has 25 heavy (non-hydrogen) atoms. The summed E-state index contributed by atoms with van der Waals surface area (Å²) in [6.45, 7) is 0.310. The van der Waals surface area contributed by atoms with Gasteiger partial charge in [-0.25, -0.2) is 13.2 Å². The van der Waals surface area contributed by atoms with Crippen LogP contribution >= 0.6 is 0 Å². The molecule has 0 radical (unpaired) electrons. The number of carbonyl (C=O) groups excluding carboxylic acids is 1. The largest absolute Gasteiger partial charge is 0.475 e. The van der Waals surface area contributed by atoms with Crippen molar-refractivity contribution in [2.75, 3.05) is 6.54 Å². The summed E-state index contributed by atoms with van der Waals surface area (Å²) in [6.07, 6.45) is 2.37. The quantitative estimate of drug-likeness (QED) is 0.779. The van der Waals surface area contributed by atoms with Gasteiger partial charge in [0.25, 0.3) is 10.0 Å². The molecule has 2 aromatic heterocycles. The summed E-state index contributed by atoms with van der Waals surface area (Å²) in [4.78, 5) is 23.2. The first-order valence-electron chi connectivity index (χ1n) is 7.54. The van der Waals surface area contributed by atoms with Crippen LogP contribution in [0.15, 0.2) is 44.5 Å². The third-order valence-corrected chi connectivity index (χ3v) is 5.66. The van der Waals surface area contributed by atoms with Gasteiger partial charge >= 0.3 is 5.97 Å². The Morgan fingerprint density at radius 1 is 1.32 bits per heavy atom. The molecule has 1 aliphatic rings. The predicted molar refractivity (Wildman–Crippen MR) is 83.1 cm³/mol. The maximum atomic E-state index is 12.7. The fraction of sp³-hybridized carbons (Fsp3) is 0.333.